The number of hydrogen-bond donors (Lipinski definition) is 2. The van der Waals surface area contributed by atoms with E-state index in [0.29, 0.717) is 17.1 Å². The van der Waals surface area contributed by atoms with Gasteiger partial charge in [-0.3, -0.25) is 4.79 Å². The molecule has 1 amide bonds. The second-order valence-electron chi connectivity index (χ2n) is 6.28. The summed E-state index contributed by atoms with van der Waals surface area (Å²) in [7, 11) is 3.11. The van der Waals surface area contributed by atoms with Crippen LogP contribution in [0.4, 0.5) is 0 Å². The van der Waals surface area contributed by atoms with Gasteiger partial charge in [0, 0.05) is 12.1 Å². The molecule has 0 unspecified atom stereocenters. The second-order valence-corrected chi connectivity index (χ2v) is 6.28. The Kier molecular flexibility index (Phi) is 4.95. The van der Waals surface area contributed by atoms with Crippen LogP contribution in [0.25, 0.3) is 0 Å². The highest BCUT2D eigenvalue weighted by atomic mass is 16.5. The maximum absolute atomic E-state index is 12.7. The zero-order valence-electron chi connectivity index (χ0n) is 14.5. The lowest BCUT2D eigenvalue weighted by Crippen LogP contribution is -2.37. The van der Waals surface area contributed by atoms with E-state index < -0.39 is 11.5 Å². The van der Waals surface area contributed by atoms with E-state index in [0.717, 1.165) is 18.4 Å². The van der Waals surface area contributed by atoms with Gasteiger partial charge in [0.15, 0.2) is 0 Å². The number of carbonyl (C=O) groups is 1. The Hall–Kier alpha value is -2.53. The third kappa shape index (κ3) is 3.46. The zero-order valence-corrected chi connectivity index (χ0v) is 14.5. The second kappa shape index (κ2) is 7.15. The molecular weight excluding hydrogens is 318 g/mol. The van der Waals surface area contributed by atoms with Crippen molar-refractivity contribution in [2.24, 2.45) is 0 Å². The zero-order chi connectivity index (χ0) is 17.9. The van der Waals surface area contributed by atoms with Crippen LogP contribution in [0.2, 0.25) is 0 Å². The lowest BCUT2D eigenvalue weighted by molar-refractivity contribution is -0.124. The van der Waals surface area contributed by atoms with Crippen molar-refractivity contribution in [2.45, 2.75) is 24.4 Å². The lowest BCUT2D eigenvalue weighted by atomic mass is 9.95. The Balaban J connectivity index is 1.69. The Bertz CT molecular complexity index is 741. The smallest absolute Gasteiger partial charge is 0.230 e. The summed E-state index contributed by atoms with van der Waals surface area (Å²) in [5, 5.41) is 13.4. The van der Waals surface area contributed by atoms with Gasteiger partial charge in [-0.2, -0.15) is 0 Å². The van der Waals surface area contributed by atoms with Gasteiger partial charge in [-0.25, -0.2) is 0 Å². The molecule has 25 heavy (non-hydrogen) atoms. The summed E-state index contributed by atoms with van der Waals surface area (Å²) in [6.45, 7) is 0.122. The van der Waals surface area contributed by atoms with Crippen molar-refractivity contribution in [1.82, 2.24) is 5.32 Å². The van der Waals surface area contributed by atoms with Crippen molar-refractivity contribution < 1.29 is 19.4 Å². The maximum atomic E-state index is 12.7. The van der Waals surface area contributed by atoms with Gasteiger partial charge in [-0.15, -0.1) is 0 Å². The molecule has 2 aromatic rings. The third-order valence-corrected chi connectivity index (χ3v) is 4.76. The number of aliphatic hydroxyl groups excluding tert-OH is 1. The van der Waals surface area contributed by atoms with Crippen LogP contribution < -0.4 is 14.8 Å². The standard InChI is InChI=1S/C20H23NO4/c1-24-15-8-9-18(25-2)16(12-15)17(22)13-21-19(23)20(10-11-20)14-6-4-3-5-7-14/h3-9,12,17,22H,10-11,13H2,1-2H3,(H,21,23)/t17-/m0/s1. The van der Waals surface area contributed by atoms with Gasteiger partial charge in [-0.05, 0) is 36.6 Å². The molecule has 2 aromatic carbocycles. The van der Waals surface area contributed by atoms with Crippen LogP contribution in [0.5, 0.6) is 11.5 Å². The Morgan fingerprint density at radius 1 is 1.16 bits per heavy atom. The fraction of sp³-hybridized carbons (Fsp3) is 0.350. The minimum absolute atomic E-state index is 0.0420. The Labute approximate surface area is 147 Å². The molecule has 5 heteroatoms. The minimum Gasteiger partial charge on any atom is -0.497 e. The molecule has 1 atom stereocenters. The molecule has 1 saturated carbocycles. The molecule has 0 aromatic heterocycles. The summed E-state index contributed by atoms with van der Waals surface area (Å²) in [4.78, 5) is 12.7. The van der Waals surface area contributed by atoms with E-state index in [1.807, 2.05) is 30.3 Å². The van der Waals surface area contributed by atoms with Gasteiger partial charge in [0.1, 0.15) is 11.5 Å². The number of amides is 1. The normalized spacial score (nSPS) is 16.0. The highest BCUT2D eigenvalue weighted by Gasteiger charge is 2.51. The predicted molar refractivity (Wildman–Crippen MR) is 94.9 cm³/mol. The maximum Gasteiger partial charge on any atom is 0.230 e. The topological polar surface area (TPSA) is 67.8 Å². The first-order valence-corrected chi connectivity index (χ1v) is 8.34. The average Bonchev–Trinajstić information content (AvgIpc) is 3.48. The highest BCUT2D eigenvalue weighted by Crippen LogP contribution is 2.48. The van der Waals surface area contributed by atoms with Gasteiger partial charge in [0.05, 0.1) is 25.7 Å². The molecule has 1 aliphatic carbocycles. The highest BCUT2D eigenvalue weighted by molar-refractivity contribution is 5.91. The van der Waals surface area contributed by atoms with E-state index in [1.54, 1.807) is 32.4 Å². The van der Waals surface area contributed by atoms with Crippen LogP contribution in [-0.2, 0) is 10.2 Å². The van der Waals surface area contributed by atoms with Gasteiger partial charge in [-0.1, -0.05) is 30.3 Å². The molecular formula is C20H23NO4. The van der Waals surface area contributed by atoms with E-state index >= 15 is 0 Å². The van der Waals surface area contributed by atoms with Crippen LogP contribution in [0.1, 0.15) is 30.1 Å². The fourth-order valence-electron chi connectivity index (χ4n) is 3.10. The van der Waals surface area contributed by atoms with Gasteiger partial charge in [0.25, 0.3) is 0 Å². The van der Waals surface area contributed by atoms with Crippen LogP contribution >= 0.6 is 0 Å². The first-order valence-electron chi connectivity index (χ1n) is 8.34. The fourth-order valence-corrected chi connectivity index (χ4v) is 3.10. The molecule has 1 fully saturated rings. The van der Waals surface area contributed by atoms with Crippen molar-refractivity contribution >= 4 is 5.91 Å². The third-order valence-electron chi connectivity index (χ3n) is 4.76. The largest absolute Gasteiger partial charge is 0.497 e. The SMILES string of the molecule is COc1ccc(OC)c([C@@H](O)CNC(=O)C2(c3ccccc3)CC2)c1. The van der Waals surface area contributed by atoms with Gasteiger partial charge in [0.2, 0.25) is 5.91 Å². The quantitative estimate of drug-likeness (QED) is 0.812. The van der Waals surface area contributed by atoms with Crippen molar-refractivity contribution in [3.8, 4) is 11.5 Å². The van der Waals surface area contributed by atoms with Crippen LogP contribution in [0.3, 0.4) is 0 Å². The predicted octanol–water partition coefficient (Wildman–Crippen LogP) is 2.59. The Morgan fingerprint density at radius 2 is 1.88 bits per heavy atom. The van der Waals surface area contributed by atoms with E-state index in [1.165, 1.54) is 0 Å². The molecule has 0 bridgehead atoms. The van der Waals surface area contributed by atoms with Crippen molar-refractivity contribution in [1.29, 1.82) is 0 Å². The minimum atomic E-state index is -0.874. The summed E-state index contributed by atoms with van der Waals surface area (Å²) in [5.41, 5.74) is 1.17. The number of methoxy groups -OCH3 is 2. The monoisotopic (exact) mass is 341 g/mol. The number of nitrogens with one attached hydrogen (secondary N) is 1. The summed E-state index contributed by atoms with van der Waals surface area (Å²) < 4.78 is 10.5. The van der Waals surface area contributed by atoms with E-state index in [9.17, 15) is 9.90 Å². The van der Waals surface area contributed by atoms with Gasteiger partial charge < -0.3 is 19.9 Å². The molecule has 2 N–H and O–H groups in total. The van der Waals surface area contributed by atoms with Crippen LogP contribution in [-0.4, -0.2) is 31.8 Å². The summed E-state index contributed by atoms with van der Waals surface area (Å²) >= 11 is 0. The Morgan fingerprint density at radius 3 is 2.48 bits per heavy atom. The van der Waals surface area contributed by atoms with E-state index in [-0.39, 0.29) is 12.5 Å². The number of carbonyl (C=O) groups excluding carboxylic acids is 1. The molecule has 0 radical (unpaired) electrons. The molecule has 0 heterocycles. The molecule has 1 aliphatic rings. The van der Waals surface area contributed by atoms with Crippen LogP contribution in [0.15, 0.2) is 48.5 Å². The molecule has 0 spiro atoms. The van der Waals surface area contributed by atoms with Crippen molar-refractivity contribution in [2.75, 3.05) is 20.8 Å². The van der Waals surface area contributed by atoms with Crippen molar-refractivity contribution in [3.05, 3.63) is 59.7 Å². The first kappa shape index (κ1) is 17.3. The molecule has 5 nitrogen and oxygen atoms in total. The summed E-state index contributed by atoms with van der Waals surface area (Å²) in [6, 6.07) is 15.0. The van der Waals surface area contributed by atoms with Gasteiger partial charge >= 0.3 is 0 Å². The number of benzene rings is 2. The summed E-state index contributed by atoms with van der Waals surface area (Å²) in [5.74, 6) is 1.15. The van der Waals surface area contributed by atoms with E-state index in [2.05, 4.69) is 5.32 Å². The van der Waals surface area contributed by atoms with Crippen LogP contribution in [0, 0.1) is 0 Å². The first-order chi connectivity index (χ1) is 12.1. The number of hydrogen-bond acceptors (Lipinski definition) is 4. The molecule has 132 valence electrons. The lowest BCUT2D eigenvalue weighted by Gasteiger charge is -2.19. The molecule has 0 aliphatic heterocycles. The van der Waals surface area contributed by atoms with Crippen molar-refractivity contribution in [3.63, 3.8) is 0 Å². The number of rotatable bonds is 7. The number of ether oxygens (including phenoxy) is 2. The van der Waals surface area contributed by atoms with E-state index in [4.69, 9.17) is 9.47 Å². The molecule has 0 saturated heterocycles. The summed E-state index contributed by atoms with van der Waals surface area (Å²) in [6.07, 6.45) is 0.795. The molecule has 3 rings (SSSR count). The number of aliphatic hydroxyl groups is 1. The average molecular weight is 341 g/mol.